The van der Waals surface area contributed by atoms with Gasteiger partial charge in [0.1, 0.15) is 5.76 Å². The van der Waals surface area contributed by atoms with Gasteiger partial charge in [0.05, 0.1) is 6.26 Å². The van der Waals surface area contributed by atoms with E-state index in [1.54, 1.807) is 6.26 Å². The Kier molecular flexibility index (Phi) is 5.33. The van der Waals surface area contributed by atoms with Gasteiger partial charge in [-0.1, -0.05) is 19.4 Å². The number of furan rings is 1. The van der Waals surface area contributed by atoms with Gasteiger partial charge in [-0.2, -0.15) is 0 Å². The lowest BCUT2D eigenvalue weighted by Gasteiger charge is -2.17. The van der Waals surface area contributed by atoms with Gasteiger partial charge in [-0.15, -0.1) is 6.58 Å². The largest absolute Gasteiger partial charge is 0.469 e. The normalized spacial score (nSPS) is 12.7. The van der Waals surface area contributed by atoms with Crippen LogP contribution in [0.2, 0.25) is 0 Å². The van der Waals surface area contributed by atoms with Gasteiger partial charge in [-0.05, 0) is 32.4 Å². The van der Waals surface area contributed by atoms with Gasteiger partial charge in [0.25, 0.3) is 0 Å². The second-order valence-electron chi connectivity index (χ2n) is 4.26. The van der Waals surface area contributed by atoms with E-state index in [0.717, 1.165) is 31.6 Å². The fraction of sp³-hybridized carbons (Fsp3) is 0.571. The lowest BCUT2D eigenvalue weighted by Crippen LogP contribution is -2.21. The van der Waals surface area contributed by atoms with Crippen LogP contribution in [0.25, 0.3) is 0 Å². The Morgan fingerprint density at radius 3 is 2.81 bits per heavy atom. The summed E-state index contributed by atoms with van der Waals surface area (Å²) < 4.78 is 5.49. The molecule has 0 amide bonds. The second-order valence-corrected chi connectivity index (χ2v) is 4.26. The van der Waals surface area contributed by atoms with E-state index in [0.29, 0.717) is 6.04 Å². The number of aryl methyl sites for hydroxylation is 1. The summed E-state index contributed by atoms with van der Waals surface area (Å²) in [6.07, 6.45) is 4.90. The first-order valence-corrected chi connectivity index (χ1v) is 6.13. The second kappa shape index (κ2) is 6.54. The van der Waals surface area contributed by atoms with Crippen LogP contribution < -0.4 is 5.32 Å². The Morgan fingerprint density at radius 2 is 2.25 bits per heavy atom. The van der Waals surface area contributed by atoms with Crippen molar-refractivity contribution in [2.75, 3.05) is 6.54 Å². The maximum Gasteiger partial charge on any atom is 0.108 e. The van der Waals surface area contributed by atoms with E-state index in [-0.39, 0.29) is 0 Å². The summed E-state index contributed by atoms with van der Waals surface area (Å²) in [5.41, 5.74) is 2.55. The number of allylic oxidation sites excluding steroid dienone is 1. The molecule has 1 aromatic rings. The number of rotatable bonds is 7. The third kappa shape index (κ3) is 3.53. The van der Waals surface area contributed by atoms with E-state index >= 15 is 0 Å². The number of hydrogen-bond donors (Lipinski definition) is 1. The van der Waals surface area contributed by atoms with E-state index in [1.165, 1.54) is 11.1 Å². The number of nitrogens with one attached hydrogen (secondary N) is 1. The molecule has 1 unspecified atom stereocenters. The fourth-order valence-corrected chi connectivity index (χ4v) is 1.95. The van der Waals surface area contributed by atoms with Crippen molar-refractivity contribution in [2.45, 2.75) is 46.1 Å². The van der Waals surface area contributed by atoms with E-state index in [4.69, 9.17) is 4.42 Å². The zero-order chi connectivity index (χ0) is 12.0. The van der Waals surface area contributed by atoms with Crippen molar-refractivity contribution in [3.8, 4) is 0 Å². The van der Waals surface area contributed by atoms with Gasteiger partial charge in [0, 0.05) is 18.0 Å². The van der Waals surface area contributed by atoms with Crippen LogP contribution in [0.15, 0.2) is 28.9 Å². The minimum atomic E-state index is 0.399. The molecule has 0 saturated heterocycles. The third-order valence-corrected chi connectivity index (χ3v) is 2.79. The summed E-state index contributed by atoms with van der Waals surface area (Å²) in [6, 6.07) is 2.49. The zero-order valence-corrected chi connectivity index (χ0v) is 10.7. The molecule has 90 valence electrons. The van der Waals surface area contributed by atoms with Crippen molar-refractivity contribution < 1.29 is 4.42 Å². The van der Waals surface area contributed by atoms with Gasteiger partial charge in [-0.3, -0.25) is 0 Å². The van der Waals surface area contributed by atoms with E-state index in [1.807, 2.05) is 0 Å². The molecule has 1 N–H and O–H groups in total. The Hall–Kier alpha value is -1.02. The SMILES string of the molecule is C=C(C)CCC(NCC)c1ccoc1CC. The van der Waals surface area contributed by atoms with Gasteiger partial charge in [0.2, 0.25) is 0 Å². The Bertz CT molecular complexity index is 327. The van der Waals surface area contributed by atoms with Gasteiger partial charge in [-0.25, -0.2) is 0 Å². The lowest BCUT2D eigenvalue weighted by molar-refractivity contribution is 0.474. The number of hydrogen-bond acceptors (Lipinski definition) is 2. The Labute approximate surface area is 98.7 Å². The molecule has 0 saturated carbocycles. The monoisotopic (exact) mass is 221 g/mol. The van der Waals surface area contributed by atoms with Crippen LogP contribution in [0.5, 0.6) is 0 Å². The van der Waals surface area contributed by atoms with Gasteiger partial charge < -0.3 is 9.73 Å². The van der Waals surface area contributed by atoms with Crippen LogP contribution in [0.1, 0.15) is 51.0 Å². The molecule has 1 rings (SSSR count). The Balaban J connectivity index is 2.72. The minimum Gasteiger partial charge on any atom is -0.469 e. The molecule has 0 fully saturated rings. The molecule has 0 aliphatic rings. The molecular weight excluding hydrogens is 198 g/mol. The molecule has 2 nitrogen and oxygen atoms in total. The van der Waals surface area contributed by atoms with E-state index in [9.17, 15) is 0 Å². The minimum absolute atomic E-state index is 0.399. The van der Waals surface area contributed by atoms with Crippen molar-refractivity contribution in [1.29, 1.82) is 0 Å². The van der Waals surface area contributed by atoms with Crippen LogP contribution in [0.4, 0.5) is 0 Å². The molecule has 1 heterocycles. The quantitative estimate of drug-likeness (QED) is 0.707. The molecule has 0 aliphatic heterocycles. The van der Waals surface area contributed by atoms with Crippen LogP contribution in [-0.4, -0.2) is 6.54 Å². The van der Waals surface area contributed by atoms with Crippen molar-refractivity contribution in [3.63, 3.8) is 0 Å². The molecule has 0 radical (unpaired) electrons. The summed E-state index contributed by atoms with van der Waals surface area (Å²) in [5, 5.41) is 3.51. The molecule has 16 heavy (non-hydrogen) atoms. The lowest BCUT2D eigenvalue weighted by atomic mass is 9.99. The average molecular weight is 221 g/mol. The smallest absolute Gasteiger partial charge is 0.108 e. The first kappa shape index (κ1) is 13.0. The van der Waals surface area contributed by atoms with Crippen LogP contribution in [0, 0.1) is 0 Å². The molecule has 0 spiro atoms. The zero-order valence-electron chi connectivity index (χ0n) is 10.7. The molecule has 0 aliphatic carbocycles. The summed E-state index contributed by atoms with van der Waals surface area (Å²) in [7, 11) is 0. The van der Waals surface area contributed by atoms with Crippen molar-refractivity contribution >= 4 is 0 Å². The summed E-state index contributed by atoms with van der Waals surface area (Å²) in [4.78, 5) is 0. The molecule has 1 atom stereocenters. The van der Waals surface area contributed by atoms with Crippen molar-refractivity contribution in [1.82, 2.24) is 5.32 Å². The molecule has 0 bridgehead atoms. The van der Waals surface area contributed by atoms with Crippen molar-refractivity contribution in [3.05, 3.63) is 35.8 Å². The molecular formula is C14H23NO. The molecule has 0 aromatic carbocycles. The predicted octanol–water partition coefficient (Wildman–Crippen LogP) is 3.85. The van der Waals surface area contributed by atoms with Crippen molar-refractivity contribution in [2.24, 2.45) is 0 Å². The highest BCUT2D eigenvalue weighted by Crippen LogP contribution is 2.25. The standard InChI is InChI=1S/C14H23NO/c1-5-14-12(9-10-16-14)13(15-6-2)8-7-11(3)4/h9-10,13,15H,3,5-8H2,1-2,4H3. The summed E-state index contributed by atoms with van der Waals surface area (Å²) in [5.74, 6) is 1.10. The molecule has 2 heteroatoms. The average Bonchev–Trinajstić information content (AvgIpc) is 2.71. The highest BCUT2D eigenvalue weighted by Gasteiger charge is 2.15. The van der Waals surface area contributed by atoms with E-state index in [2.05, 4.69) is 38.7 Å². The third-order valence-electron chi connectivity index (χ3n) is 2.79. The maximum absolute atomic E-state index is 5.49. The predicted molar refractivity (Wildman–Crippen MR) is 68.6 cm³/mol. The van der Waals surface area contributed by atoms with Crippen LogP contribution >= 0.6 is 0 Å². The highest BCUT2D eigenvalue weighted by atomic mass is 16.3. The summed E-state index contributed by atoms with van der Waals surface area (Å²) in [6.45, 7) is 11.3. The highest BCUT2D eigenvalue weighted by molar-refractivity contribution is 5.21. The van der Waals surface area contributed by atoms with Crippen LogP contribution in [-0.2, 0) is 6.42 Å². The topological polar surface area (TPSA) is 25.2 Å². The van der Waals surface area contributed by atoms with Crippen LogP contribution in [0.3, 0.4) is 0 Å². The van der Waals surface area contributed by atoms with Gasteiger partial charge in [0.15, 0.2) is 0 Å². The Morgan fingerprint density at radius 1 is 1.50 bits per heavy atom. The van der Waals surface area contributed by atoms with Gasteiger partial charge >= 0.3 is 0 Å². The molecule has 1 aromatic heterocycles. The maximum atomic E-state index is 5.49. The van der Waals surface area contributed by atoms with E-state index < -0.39 is 0 Å². The fourth-order valence-electron chi connectivity index (χ4n) is 1.95. The first-order chi connectivity index (χ1) is 7.69. The first-order valence-electron chi connectivity index (χ1n) is 6.13. The summed E-state index contributed by atoms with van der Waals surface area (Å²) >= 11 is 0.